The summed E-state index contributed by atoms with van der Waals surface area (Å²) in [5.74, 6) is -2.10. The molecule has 2 atom stereocenters. The molecule has 10 heteroatoms. The van der Waals surface area contributed by atoms with Gasteiger partial charge in [0.25, 0.3) is 0 Å². The van der Waals surface area contributed by atoms with Crippen molar-refractivity contribution in [2.75, 3.05) is 12.3 Å². The molecule has 0 saturated carbocycles. The molecule has 0 saturated heterocycles. The zero-order valence-electron chi connectivity index (χ0n) is 13.8. The van der Waals surface area contributed by atoms with Gasteiger partial charge in [0.1, 0.15) is 12.1 Å². The van der Waals surface area contributed by atoms with Crippen molar-refractivity contribution in [1.82, 2.24) is 5.32 Å². The van der Waals surface area contributed by atoms with E-state index in [1.54, 1.807) is 24.3 Å². The molecule has 0 radical (unpaired) electrons. The van der Waals surface area contributed by atoms with Gasteiger partial charge in [-0.2, -0.15) is 0 Å². The maximum Gasteiger partial charge on any atom is 0.320 e. The molecule has 0 spiro atoms. The van der Waals surface area contributed by atoms with Crippen molar-refractivity contribution in [3.05, 3.63) is 29.8 Å². The summed E-state index contributed by atoms with van der Waals surface area (Å²) in [7, 11) is 0. The van der Waals surface area contributed by atoms with Crippen LogP contribution in [0.4, 0.5) is 5.69 Å². The third-order valence-corrected chi connectivity index (χ3v) is 3.08. The first kappa shape index (κ1) is 22.1. The molecule has 12 N–H and O–H groups in total. The van der Waals surface area contributed by atoms with Gasteiger partial charge < -0.3 is 38.5 Å². The van der Waals surface area contributed by atoms with E-state index in [-0.39, 0.29) is 5.96 Å². The van der Waals surface area contributed by atoms with Gasteiger partial charge in [0.05, 0.1) is 0 Å². The molecule has 0 unspecified atom stereocenters. The fourth-order valence-corrected chi connectivity index (χ4v) is 1.66. The number of nitrogen functional groups attached to an aromatic ring is 1. The molecule has 0 heterocycles. The number of aliphatic carboxylic acids is 2. The highest BCUT2D eigenvalue weighted by atomic mass is 16.4. The Morgan fingerprint density at radius 3 is 2.04 bits per heavy atom. The standard InChI is InChI=1S/C9H12N2O2.C6H14N4O2/c10-7-3-1-6(2-4-7)5-8(11)9(12)13;7-4(5(11)12)2-1-3-10-6(8)9/h1-4,8H,5,10-11H2,(H,12,13);4H,1-3,7H2,(H,11,12)(H4,8,9,10)/t8-;4-/m00/s1. The van der Waals surface area contributed by atoms with Crippen LogP contribution in [-0.2, 0) is 16.0 Å². The highest BCUT2D eigenvalue weighted by Gasteiger charge is 2.11. The first-order valence-electron chi connectivity index (χ1n) is 7.52. The van der Waals surface area contributed by atoms with E-state index in [0.29, 0.717) is 31.5 Å². The highest BCUT2D eigenvalue weighted by molar-refractivity contribution is 5.74. The number of nitrogens with one attached hydrogen (secondary N) is 2. The lowest BCUT2D eigenvalue weighted by Crippen LogP contribution is -2.34. The average molecular weight is 354 g/mol. The van der Waals surface area contributed by atoms with Gasteiger partial charge in [0.15, 0.2) is 5.96 Å². The predicted molar refractivity (Wildman–Crippen MR) is 94.9 cm³/mol. The monoisotopic (exact) mass is 354 g/mol. The van der Waals surface area contributed by atoms with Crippen molar-refractivity contribution < 1.29 is 19.8 Å². The summed E-state index contributed by atoms with van der Waals surface area (Å²) in [5, 5.41) is 26.3. The molecule has 0 aromatic heterocycles. The van der Waals surface area contributed by atoms with E-state index < -0.39 is 24.0 Å². The fraction of sp³-hybridized carbons (Fsp3) is 0.400. The quantitative estimate of drug-likeness (QED) is 0.123. The van der Waals surface area contributed by atoms with Crippen LogP contribution in [0.2, 0.25) is 0 Å². The highest BCUT2D eigenvalue weighted by Crippen LogP contribution is 2.07. The number of anilines is 1. The SMILES string of the molecule is N=C(N)NCCC[C@H](N)C(=O)O.Nc1ccc(C[C@H](N)C(=O)O)cc1. The lowest BCUT2D eigenvalue weighted by Gasteiger charge is -2.06. The minimum absolute atomic E-state index is 0.112. The molecule has 0 aliphatic rings. The Balaban J connectivity index is 0.000000463. The molecule has 0 aliphatic heterocycles. The Hall–Kier alpha value is -2.85. The molecule has 0 aliphatic carbocycles. The molecular weight excluding hydrogens is 328 g/mol. The van der Waals surface area contributed by atoms with Crippen LogP contribution in [0.5, 0.6) is 0 Å². The topological polar surface area (TPSA) is 215 Å². The van der Waals surface area contributed by atoms with E-state index in [1.165, 1.54) is 0 Å². The molecule has 1 aromatic rings. The summed E-state index contributed by atoms with van der Waals surface area (Å²) >= 11 is 0. The van der Waals surface area contributed by atoms with Crippen LogP contribution in [-0.4, -0.2) is 46.7 Å². The minimum atomic E-state index is -1.00. The van der Waals surface area contributed by atoms with Crippen LogP contribution < -0.4 is 28.3 Å². The largest absolute Gasteiger partial charge is 0.480 e. The normalized spacial score (nSPS) is 12.2. The van der Waals surface area contributed by atoms with Crippen LogP contribution in [0.25, 0.3) is 0 Å². The number of carbonyl (C=O) groups is 2. The second-order valence-electron chi connectivity index (χ2n) is 5.32. The van der Waals surface area contributed by atoms with Crippen LogP contribution in [0.1, 0.15) is 18.4 Å². The molecule has 140 valence electrons. The number of nitrogens with two attached hydrogens (primary N) is 4. The van der Waals surface area contributed by atoms with Crippen LogP contribution in [0, 0.1) is 5.41 Å². The molecule has 25 heavy (non-hydrogen) atoms. The van der Waals surface area contributed by atoms with E-state index in [1.807, 2.05) is 0 Å². The smallest absolute Gasteiger partial charge is 0.320 e. The predicted octanol–water partition coefficient (Wildman–Crippen LogP) is -1.12. The van der Waals surface area contributed by atoms with E-state index in [2.05, 4.69) is 5.32 Å². The van der Waals surface area contributed by atoms with Gasteiger partial charge >= 0.3 is 11.9 Å². The summed E-state index contributed by atoms with van der Waals surface area (Å²) in [6.07, 6.45) is 1.30. The molecule has 0 fully saturated rings. The Morgan fingerprint density at radius 2 is 1.60 bits per heavy atom. The zero-order valence-corrected chi connectivity index (χ0v) is 13.8. The van der Waals surface area contributed by atoms with Crippen LogP contribution in [0.15, 0.2) is 24.3 Å². The summed E-state index contributed by atoms with van der Waals surface area (Å²) in [5.41, 5.74) is 22.6. The van der Waals surface area contributed by atoms with Crippen molar-refractivity contribution in [2.45, 2.75) is 31.3 Å². The van der Waals surface area contributed by atoms with Gasteiger partial charge in [-0.05, 0) is 37.0 Å². The molecule has 1 rings (SSSR count). The van der Waals surface area contributed by atoms with Crippen LogP contribution >= 0.6 is 0 Å². The van der Waals surface area contributed by atoms with E-state index in [4.69, 9.17) is 38.6 Å². The van der Waals surface area contributed by atoms with Gasteiger partial charge in [-0.3, -0.25) is 15.0 Å². The van der Waals surface area contributed by atoms with Crippen LogP contribution in [0.3, 0.4) is 0 Å². The second-order valence-corrected chi connectivity index (χ2v) is 5.32. The Kier molecular flexibility index (Phi) is 10.3. The number of carboxylic acid groups (broad SMARTS) is 2. The molecular formula is C15H26N6O4. The van der Waals surface area contributed by atoms with Crippen molar-refractivity contribution in [2.24, 2.45) is 17.2 Å². The second kappa shape index (κ2) is 11.6. The zero-order chi connectivity index (χ0) is 19.4. The van der Waals surface area contributed by atoms with Gasteiger partial charge in [-0.15, -0.1) is 0 Å². The van der Waals surface area contributed by atoms with Gasteiger partial charge in [-0.1, -0.05) is 12.1 Å². The van der Waals surface area contributed by atoms with E-state index >= 15 is 0 Å². The summed E-state index contributed by atoms with van der Waals surface area (Å²) < 4.78 is 0. The number of hydrogen-bond donors (Lipinski definition) is 8. The van der Waals surface area contributed by atoms with Crippen molar-refractivity contribution in [3.8, 4) is 0 Å². The van der Waals surface area contributed by atoms with E-state index in [0.717, 1.165) is 5.56 Å². The van der Waals surface area contributed by atoms with Gasteiger partial charge in [0.2, 0.25) is 0 Å². The number of hydrogen-bond acceptors (Lipinski definition) is 6. The number of guanidine groups is 1. The number of carboxylic acids is 2. The lowest BCUT2D eigenvalue weighted by molar-refractivity contribution is -0.139. The third-order valence-electron chi connectivity index (χ3n) is 3.08. The minimum Gasteiger partial charge on any atom is -0.480 e. The van der Waals surface area contributed by atoms with Gasteiger partial charge in [0, 0.05) is 12.2 Å². The first-order valence-corrected chi connectivity index (χ1v) is 7.52. The van der Waals surface area contributed by atoms with E-state index in [9.17, 15) is 9.59 Å². The maximum atomic E-state index is 10.4. The van der Waals surface area contributed by atoms with Crippen molar-refractivity contribution in [3.63, 3.8) is 0 Å². The Labute approximate surface area is 145 Å². The molecule has 0 bridgehead atoms. The van der Waals surface area contributed by atoms with Crippen molar-refractivity contribution in [1.29, 1.82) is 5.41 Å². The van der Waals surface area contributed by atoms with Gasteiger partial charge in [-0.25, -0.2) is 0 Å². The molecule has 10 nitrogen and oxygen atoms in total. The Morgan fingerprint density at radius 1 is 1.08 bits per heavy atom. The molecule has 0 amide bonds. The third kappa shape index (κ3) is 11.3. The number of rotatable bonds is 8. The first-order chi connectivity index (χ1) is 11.6. The molecule has 1 aromatic carbocycles. The average Bonchev–Trinajstić information content (AvgIpc) is 2.53. The van der Waals surface area contributed by atoms with Crippen molar-refractivity contribution >= 4 is 23.6 Å². The fourth-order valence-electron chi connectivity index (χ4n) is 1.66. The summed E-state index contributed by atoms with van der Waals surface area (Å²) in [6, 6.07) is 5.34. The summed E-state index contributed by atoms with van der Waals surface area (Å²) in [4.78, 5) is 20.6. The Bertz CT molecular complexity index is 564. The number of benzene rings is 1. The summed E-state index contributed by atoms with van der Waals surface area (Å²) in [6.45, 7) is 0.482. The maximum absolute atomic E-state index is 10.4. The lowest BCUT2D eigenvalue weighted by atomic mass is 10.1.